The zero-order valence-corrected chi connectivity index (χ0v) is 15.7. The third-order valence-electron chi connectivity index (χ3n) is 3.64. The van der Waals surface area contributed by atoms with Crippen molar-refractivity contribution in [2.45, 2.75) is 13.5 Å². The van der Waals surface area contributed by atoms with Crippen LogP contribution in [0.4, 0.5) is 0 Å². The van der Waals surface area contributed by atoms with Crippen molar-refractivity contribution >= 4 is 33.9 Å². The molecule has 0 saturated carbocycles. The number of carbonyl (C=O) groups is 1. The number of imidazole rings is 1. The Balaban J connectivity index is 1.50. The molecule has 8 nitrogen and oxygen atoms in total. The van der Waals surface area contributed by atoms with Gasteiger partial charge in [0, 0.05) is 11.6 Å². The van der Waals surface area contributed by atoms with Crippen LogP contribution < -0.4 is 4.74 Å². The highest BCUT2D eigenvalue weighted by atomic mass is 35.5. The number of esters is 1. The van der Waals surface area contributed by atoms with E-state index in [1.807, 2.05) is 31.2 Å². The number of fused-ring (bicyclic) bond motifs is 1. The summed E-state index contributed by atoms with van der Waals surface area (Å²) >= 11 is 7.39. The quantitative estimate of drug-likeness (QED) is 0.450. The van der Waals surface area contributed by atoms with E-state index in [2.05, 4.69) is 15.1 Å². The van der Waals surface area contributed by atoms with Crippen LogP contribution in [0.25, 0.3) is 16.3 Å². The Morgan fingerprint density at radius 1 is 1.33 bits per heavy atom. The second kappa shape index (κ2) is 7.37. The molecule has 4 rings (SSSR count). The minimum Gasteiger partial charge on any atom is -0.493 e. The first-order chi connectivity index (χ1) is 13.2. The van der Waals surface area contributed by atoms with Crippen molar-refractivity contribution in [3.05, 3.63) is 52.6 Å². The summed E-state index contributed by atoms with van der Waals surface area (Å²) in [6, 6.07) is 7.35. The Labute approximate surface area is 162 Å². The zero-order chi connectivity index (χ0) is 18.8. The van der Waals surface area contributed by atoms with Crippen LogP contribution in [0.15, 0.2) is 40.4 Å². The van der Waals surface area contributed by atoms with E-state index in [9.17, 15) is 4.79 Å². The molecule has 0 bridgehead atoms. The van der Waals surface area contributed by atoms with Crippen molar-refractivity contribution in [1.29, 1.82) is 0 Å². The summed E-state index contributed by atoms with van der Waals surface area (Å²) in [4.78, 5) is 21.3. The lowest BCUT2D eigenvalue weighted by molar-refractivity contribution is 0.0422. The van der Waals surface area contributed by atoms with Crippen LogP contribution in [0, 0.1) is 0 Å². The maximum atomic E-state index is 12.4. The molecule has 0 amide bonds. The molecule has 0 N–H and O–H groups in total. The molecule has 4 aromatic rings. The molecule has 0 aliphatic carbocycles. The van der Waals surface area contributed by atoms with Gasteiger partial charge in [-0.15, -0.1) is 11.3 Å². The van der Waals surface area contributed by atoms with Gasteiger partial charge in [0.2, 0.25) is 5.82 Å². The number of nitrogens with zero attached hydrogens (tertiary/aromatic N) is 4. The largest absolute Gasteiger partial charge is 0.493 e. The molecule has 10 heteroatoms. The molecule has 0 aliphatic rings. The molecule has 138 valence electrons. The maximum absolute atomic E-state index is 12.4. The van der Waals surface area contributed by atoms with Crippen LogP contribution in [0.1, 0.15) is 23.3 Å². The molecule has 3 heterocycles. The highest BCUT2D eigenvalue weighted by Crippen LogP contribution is 2.28. The monoisotopic (exact) mass is 404 g/mol. The van der Waals surface area contributed by atoms with E-state index < -0.39 is 5.97 Å². The average Bonchev–Trinajstić information content (AvgIpc) is 3.36. The molecule has 0 saturated heterocycles. The number of rotatable bonds is 6. The van der Waals surface area contributed by atoms with Gasteiger partial charge in [-0.1, -0.05) is 28.9 Å². The number of ether oxygens (including phenoxy) is 2. The lowest BCUT2D eigenvalue weighted by atomic mass is 10.2. The summed E-state index contributed by atoms with van der Waals surface area (Å²) in [6.45, 7) is 2.22. The van der Waals surface area contributed by atoms with Crippen LogP contribution in [0.5, 0.6) is 5.75 Å². The van der Waals surface area contributed by atoms with Gasteiger partial charge in [-0.05, 0) is 19.1 Å². The van der Waals surface area contributed by atoms with E-state index in [0.717, 1.165) is 0 Å². The van der Waals surface area contributed by atoms with Gasteiger partial charge in [-0.2, -0.15) is 4.98 Å². The van der Waals surface area contributed by atoms with Crippen LogP contribution in [-0.2, 0) is 11.3 Å². The van der Waals surface area contributed by atoms with E-state index >= 15 is 0 Å². The van der Waals surface area contributed by atoms with E-state index in [4.69, 9.17) is 25.6 Å². The fraction of sp³-hybridized carbons (Fsp3) is 0.176. The van der Waals surface area contributed by atoms with Crippen molar-refractivity contribution in [2.75, 3.05) is 6.61 Å². The number of aromatic nitrogens is 4. The average molecular weight is 405 g/mol. The topological polar surface area (TPSA) is 91.8 Å². The van der Waals surface area contributed by atoms with Crippen molar-refractivity contribution in [2.24, 2.45) is 0 Å². The fourth-order valence-corrected chi connectivity index (χ4v) is 3.51. The minimum atomic E-state index is -0.625. The second-order valence-electron chi connectivity index (χ2n) is 5.32. The number of carbonyl (C=O) groups excluding carboxylic acids is 1. The predicted octanol–water partition coefficient (Wildman–Crippen LogP) is 3.85. The normalized spacial score (nSPS) is 11.0. The number of hydrogen-bond acceptors (Lipinski definition) is 8. The van der Waals surface area contributed by atoms with Crippen molar-refractivity contribution < 1.29 is 18.8 Å². The first-order valence-electron chi connectivity index (χ1n) is 8.00. The van der Waals surface area contributed by atoms with Crippen molar-refractivity contribution in [3.63, 3.8) is 0 Å². The van der Waals surface area contributed by atoms with Gasteiger partial charge in [0.05, 0.1) is 12.2 Å². The van der Waals surface area contributed by atoms with Crippen LogP contribution in [0.2, 0.25) is 5.15 Å². The van der Waals surface area contributed by atoms with E-state index in [1.54, 1.807) is 16.0 Å². The third-order valence-corrected chi connectivity index (χ3v) is 4.66. The highest BCUT2D eigenvalue weighted by Gasteiger charge is 2.21. The first-order valence-corrected chi connectivity index (χ1v) is 9.26. The summed E-state index contributed by atoms with van der Waals surface area (Å²) in [6.07, 6.45) is 1.70. The molecular weight excluding hydrogens is 392 g/mol. The Morgan fingerprint density at radius 2 is 2.19 bits per heavy atom. The first kappa shape index (κ1) is 17.5. The molecule has 0 fully saturated rings. The van der Waals surface area contributed by atoms with Gasteiger partial charge in [-0.3, -0.25) is 4.40 Å². The van der Waals surface area contributed by atoms with Crippen molar-refractivity contribution in [1.82, 2.24) is 19.5 Å². The summed E-state index contributed by atoms with van der Waals surface area (Å²) < 4.78 is 17.6. The Bertz CT molecular complexity index is 1100. The summed E-state index contributed by atoms with van der Waals surface area (Å²) in [5.41, 5.74) is 0.855. The van der Waals surface area contributed by atoms with Crippen LogP contribution >= 0.6 is 22.9 Å². The molecule has 27 heavy (non-hydrogen) atoms. The molecule has 0 aliphatic heterocycles. The van der Waals surface area contributed by atoms with Crippen LogP contribution in [0.3, 0.4) is 0 Å². The molecular formula is C17H13ClN4O4S. The smallest absolute Gasteiger partial charge is 0.359 e. The number of benzene rings is 1. The van der Waals surface area contributed by atoms with E-state index in [-0.39, 0.29) is 23.3 Å². The van der Waals surface area contributed by atoms with Gasteiger partial charge in [0.15, 0.2) is 22.4 Å². The van der Waals surface area contributed by atoms with Gasteiger partial charge < -0.3 is 14.0 Å². The molecule has 3 aromatic heterocycles. The predicted molar refractivity (Wildman–Crippen MR) is 98.1 cm³/mol. The zero-order valence-electron chi connectivity index (χ0n) is 14.1. The van der Waals surface area contributed by atoms with E-state index in [0.29, 0.717) is 28.7 Å². The summed E-state index contributed by atoms with van der Waals surface area (Å²) in [5.74, 6) is 0.537. The third kappa shape index (κ3) is 3.38. The van der Waals surface area contributed by atoms with Gasteiger partial charge in [-0.25, -0.2) is 9.78 Å². The van der Waals surface area contributed by atoms with Gasteiger partial charge >= 0.3 is 5.97 Å². The lowest BCUT2D eigenvalue weighted by Gasteiger charge is -2.06. The van der Waals surface area contributed by atoms with Gasteiger partial charge in [0.25, 0.3) is 5.89 Å². The molecule has 0 unspecified atom stereocenters. The number of para-hydroxylation sites is 1. The Hall–Kier alpha value is -2.91. The SMILES string of the molecule is CCOc1ccccc1-c1noc(COC(=O)c2c(Cl)nc3sccn23)n1. The van der Waals surface area contributed by atoms with Gasteiger partial charge in [0.1, 0.15) is 5.75 Å². The Kier molecular flexibility index (Phi) is 4.78. The number of halogens is 1. The fourth-order valence-electron chi connectivity index (χ4n) is 2.49. The maximum Gasteiger partial charge on any atom is 0.359 e. The highest BCUT2D eigenvalue weighted by molar-refractivity contribution is 7.15. The lowest BCUT2D eigenvalue weighted by Crippen LogP contribution is -2.08. The molecule has 0 atom stereocenters. The standard InChI is InChI=1S/C17H13ClN4O4S/c1-2-24-11-6-4-3-5-10(11)15-19-12(26-21-15)9-25-16(23)13-14(18)20-17-22(13)7-8-27-17/h3-8H,2,9H2,1H3. The summed E-state index contributed by atoms with van der Waals surface area (Å²) in [7, 11) is 0. The number of hydrogen-bond donors (Lipinski definition) is 0. The molecule has 0 spiro atoms. The van der Waals surface area contributed by atoms with Crippen LogP contribution in [-0.4, -0.2) is 32.1 Å². The Morgan fingerprint density at radius 3 is 3.04 bits per heavy atom. The molecule has 0 radical (unpaired) electrons. The number of thiazole rings is 1. The second-order valence-corrected chi connectivity index (χ2v) is 6.55. The van der Waals surface area contributed by atoms with E-state index in [1.165, 1.54) is 11.3 Å². The summed E-state index contributed by atoms with van der Waals surface area (Å²) in [5, 5.41) is 5.82. The minimum absolute atomic E-state index is 0.0868. The van der Waals surface area contributed by atoms with Crippen molar-refractivity contribution in [3.8, 4) is 17.1 Å². The molecule has 1 aromatic carbocycles.